The second-order valence-electron chi connectivity index (χ2n) is 7.51. The number of guanidine groups is 1. The summed E-state index contributed by atoms with van der Waals surface area (Å²) in [6, 6.07) is 7.72. The summed E-state index contributed by atoms with van der Waals surface area (Å²) in [7, 11) is -1.69. The number of benzene rings is 1. The van der Waals surface area contributed by atoms with Gasteiger partial charge in [0.15, 0.2) is 5.96 Å². The first-order valence-corrected chi connectivity index (χ1v) is 12.9. The number of aliphatic imine (C=N–C) groups is 1. The average Bonchev–Trinajstić information content (AvgIpc) is 3.19. The van der Waals surface area contributed by atoms with Crippen molar-refractivity contribution in [3.8, 4) is 0 Å². The third-order valence-corrected chi connectivity index (χ3v) is 8.73. The number of hydrogen-bond acceptors (Lipinski definition) is 4. The van der Waals surface area contributed by atoms with Crippen LogP contribution in [0.25, 0.3) is 0 Å². The minimum absolute atomic E-state index is 0.406. The lowest BCUT2D eigenvalue weighted by molar-refractivity contribution is 0.346. The maximum absolute atomic E-state index is 13.1. The smallest absolute Gasteiger partial charge is 0.243 e. The number of sulfonamides is 1. The molecule has 0 bridgehead atoms. The molecule has 2 fully saturated rings. The van der Waals surface area contributed by atoms with Gasteiger partial charge in [-0.15, -0.1) is 0 Å². The molecule has 2 atom stereocenters. The third kappa shape index (κ3) is 5.21. The van der Waals surface area contributed by atoms with Crippen LogP contribution >= 0.6 is 11.8 Å². The van der Waals surface area contributed by atoms with Crippen molar-refractivity contribution in [2.24, 2.45) is 4.99 Å². The van der Waals surface area contributed by atoms with E-state index in [1.54, 1.807) is 23.5 Å². The summed E-state index contributed by atoms with van der Waals surface area (Å²) in [5, 5.41) is 7.51. The molecule has 2 aliphatic rings. The molecular formula is C20H32N4O2S2. The van der Waals surface area contributed by atoms with Crippen molar-refractivity contribution < 1.29 is 8.42 Å². The van der Waals surface area contributed by atoms with Crippen LogP contribution < -0.4 is 10.6 Å². The van der Waals surface area contributed by atoms with Gasteiger partial charge >= 0.3 is 0 Å². The largest absolute Gasteiger partial charge is 0.354 e. The predicted octanol–water partition coefficient (Wildman–Crippen LogP) is 2.81. The van der Waals surface area contributed by atoms with Crippen molar-refractivity contribution in [1.82, 2.24) is 14.9 Å². The van der Waals surface area contributed by atoms with E-state index in [1.807, 2.05) is 23.9 Å². The number of nitrogens with one attached hydrogen (secondary N) is 2. The van der Waals surface area contributed by atoms with Crippen LogP contribution in [0, 0.1) is 0 Å². The number of piperidine rings is 1. The Hall–Kier alpha value is -1.25. The Bertz CT molecular complexity index is 776. The Labute approximate surface area is 173 Å². The van der Waals surface area contributed by atoms with Gasteiger partial charge in [0.2, 0.25) is 10.0 Å². The number of hydrogen-bond donors (Lipinski definition) is 2. The molecule has 28 heavy (non-hydrogen) atoms. The van der Waals surface area contributed by atoms with E-state index in [0.717, 1.165) is 43.6 Å². The summed E-state index contributed by atoms with van der Waals surface area (Å²) in [5.74, 6) is 0.733. The van der Waals surface area contributed by atoms with E-state index in [2.05, 4.69) is 21.9 Å². The molecule has 0 spiro atoms. The highest BCUT2D eigenvalue weighted by molar-refractivity contribution is 7.99. The summed E-state index contributed by atoms with van der Waals surface area (Å²) in [5.41, 5.74) is 0.782. The maximum atomic E-state index is 13.1. The van der Waals surface area contributed by atoms with Crippen LogP contribution in [-0.4, -0.2) is 56.4 Å². The van der Waals surface area contributed by atoms with E-state index in [0.29, 0.717) is 35.8 Å². The Morgan fingerprint density at radius 1 is 1.21 bits per heavy atom. The van der Waals surface area contributed by atoms with Crippen molar-refractivity contribution in [3.63, 3.8) is 0 Å². The van der Waals surface area contributed by atoms with Crippen LogP contribution in [0.15, 0.2) is 34.2 Å². The van der Waals surface area contributed by atoms with E-state index in [4.69, 9.17) is 0 Å². The van der Waals surface area contributed by atoms with Crippen LogP contribution in [0.3, 0.4) is 0 Å². The van der Waals surface area contributed by atoms with Gasteiger partial charge in [0, 0.05) is 38.0 Å². The molecule has 3 rings (SSSR count). The SMILES string of the molecule is CN=C(NCc1ccccc1S(=O)(=O)N1CCCCC1)NC1CCC(SC)C1. The van der Waals surface area contributed by atoms with Gasteiger partial charge in [-0.3, -0.25) is 4.99 Å². The highest BCUT2D eigenvalue weighted by Crippen LogP contribution is 2.28. The minimum atomic E-state index is -3.45. The summed E-state index contributed by atoms with van der Waals surface area (Å²) in [6.45, 7) is 1.67. The summed E-state index contributed by atoms with van der Waals surface area (Å²) in [6.07, 6.45) is 8.67. The van der Waals surface area contributed by atoms with Crippen LogP contribution in [0.5, 0.6) is 0 Å². The highest BCUT2D eigenvalue weighted by atomic mass is 32.2. The molecule has 2 N–H and O–H groups in total. The Morgan fingerprint density at radius 2 is 1.96 bits per heavy atom. The molecular weight excluding hydrogens is 392 g/mol. The van der Waals surface area contributed by atoms with E-state index in [-0.39, 0.29) is 0 Å². The molecule has 0 radical (unpaired) electrons. The zero-order valence-corrected chi connectivity index (χ0v) is 18.5. The van der Waals surface area contributed by atoms with Gasteiger partial charge in [0.05, 0.1) is 4.90 Å². The molecule has 1 aliphatic heterocycles. The van der Waals surface area contributed by atoms with E-state index in [1.165, 1.54) is 6.42 Å². The fourth-order valence-corrected chi connectivity index (χ4v) is 6.53. The zero-order valence-electron chi connectivity index (χ0n) is 16.9. The second kappa shape index (κ2) is 9.98. The van der Waals surface area contributed by atoms with Gasteiger partial charge in [-0.1, -0.05) is 24.6 Å². The summed E-state index contributed by atoms with van der Waals surface area (Å²) >= 11 is 1.93. The molecule has 1 aromatic carbocycles. The van der Waals surface area contributed by atoms with Gasteiger partial charge in [0.1, 0.15) is 0 Å². The van der Waals surface area contributed by atoms with Crippen molar-refractivity contribution in [1.29, 1.82) is 0 Å². The van der Waals surface area contributed by atoms with Crippen molar-refractivity contribution in [3.05, 3.63) is 29.8 Å². The maximum Gasteiger partial charge on any atom is 0.243 e. The highest BCUT2D eigenvalue weighted by Gasteiger charge is 2.28. The Morgan fingerprint density at radius 3 is 2.64 bits per heavy atom. The molecule has 1 saturated carbocycles. The molecule has 156 valence electrons. The summed E-state index contributed by atoms with van der Waals surface area (Å²) < 4.78 is 27.9. The Balaban J connectivity index is 1.66. The number of thioether (sulfide) groups is 1. The molecule has 2 unspecified atom stereocenters. The van der Waals surface area contributed by atoms with Crippen LogP contribution in [0.1, 0.15) is 44.1 Å². The number of nitrogens with zero attached hydrogens (tertiary/aromatic N) is 2. The van der Waals surface area contributed by atoms with Crippen molar-refractivity contribution in [2.45, 2.75) is 61.3 Å². The minimum Gasteiger partial charge on any atom is -0.354 e. The van der Waals surface area contributed by atoms with Gasteiger partial charge in [-0.05, 0) is 50.0 Å². The van der Waals surface area contributed by atoms with E-state index in [9.17, 15) is 8.42 Å². The molecule has 1 heterocycles. The Kier molecular flexibility index (Phi) is 7.65. The normalized spacial score (nSPS) is 24.3. The van der Waals surface area contributed by atoms with Gasteiger partial charge in [-0.2, -0.15) is 16.1 Å². The fraction of sp³-hybridized carbons (Fsp3) is 0.650. The average molecular weight is 425 g/mol. The third-order valence-electron chi connectivity index (χ3n) is 5.63. The molecule has 8 heteroatoms. The topological polar surface area (TPSA) is 73.8 Å². The van der Waals surface area contributed by atoms with Gasteiger partial charge < -0.3 is 10.6 Å². The monoisotopic (exact) mass is 424 g/mol. The lowest BCUT2D eigenvalue weighted by Crippen LogP contribution is -2.42. The standard InChI is InChI=1S/C20H32N4O2S2/c1-21-20(23-17-10-11-18(14-17)27-2)22-15-16-8-4-5-9-19(16)28(25,26)24-12-6-3-7-13-24/h4-5,8-9,17-18H,3,6-7,10-15H2,1-2H3,(H2,21,22,23). The molecule has 1 saturated heterocycles. The molecule has 1 aliphatic carbocycles. The summed E-state index contributed by atoms with van der Waals surface area (Å²) in [4.78, 5) is 4.73. The van der Waals surface area contributed by atoms with E-state index >= 15 is 0 Å². The van der Waals surface area contributed by atoms with Crippen LogP contribution in [0.2, 0.25) is 0 Å². The predicted molar refractivity (Wildman–Crippen MR) is 117 cm³/mol. The van der Waals surface area contributed by atoms with Gasteiger partial charge in [0.25, 0.3) is 0 Å². The first kappa shape index (κ1) is 21.5. The first-order chi connectivity index (χ1) is 13.5. The molecule has 0 amide bonds. The van der Waals surface area contributed by atoms with Crippen molar-refractivity contribution in [2.75, 3.05) is 26.4 Å². The van der Waals surface area contributed by atoms with Gasteiger partial charge in [-0.25, -0.2) is 8.42 Å². The fourth-order valence-electron chi connectivity index (χ4n) is 4.00. The van der Waals surface area contributed by atoms with Crippen LogP contribution in [0.4, 0.5) is 0 Å². The van der Waals surface area contributed by atoms with E-state index < -0.39 is 10.0 Å². The molecule has 0 aromatic heterocycles. The molecule has 6 nitrogen and oxygen atoms in total. The first-order valence-electron chi connectivity index (χ1n) is 10.1. The van der Waals surface area contributed by atoms with Crippen molar-refractivity contribution >= 4 is 27.7 Å². The second-order valence-corrected chi connectivity index (χ2v) is 10.6. The number of rotatable bonds is 6. The zero-order chi connectivity index (χ0) is 20.0. The quantitative estimate of drug-likeness (QED) is 0.543. The lowest BCUT2D eigenvalue weighted by Gasteiger charge is -2.27. The molecule has 1 aromatic rings. The van der Waals surface area contributed by atoms with Crippen LogP contribution in [-0.2, 0) is 16.6 Å². The lowest BCUT2D eigenvalue weighted by atomic mass is 10.2.